The van der Waals surface area contributed by atoms with E-state index in [9.17, 15) is 9.59 Å². The SMILES string of the molecule is COc1cc(/C=N\NC(=O)c2cc(Br)ccc2OC)ccc1OCC(N)=O. The number of ether oxygens (including phenoxy) is 3. The molecule has 2 amide bonds. The molecule has 8 nitrogen and oxygen atoms in total. The molecule has 0 aliphatic carbocycles. The van der Waals surface area contributed by atoms with E-state index in [1.54, 1.807) is 36.4 Å². The van der Waals surface area contributed by atoms with Crippen molar-refractivity contribution in [3.8, 4) is 17.2 Å². The van der Waals surface area contributed by atoms with Crippen molar-refractivity contribution in [2.45, 2.75) is 0 Å². The number of hydrogen-bond acceptors (Lipinski definition) is 6. The minimum absolute atomic E-state index is 0.256. The number of halogens is 1. The van der Waals surface area contributed by atoms with E-state index in [0.29, 0.717) is 28.4 Å². The third kappa shape index (κ3) is 5.71. The number of amides is 2. The van der Waals surface area contributed by atoms with Crippen LogP contribution >= 0.6 is 15.9 Å². The van der Waals surface area contributed by atoms with Crippen LogP contribution in [0, 0.1) is 0 Å². The van der Waals surface area contributed by atoms with E-state index >= 15 is 0 Å². The number of hydrazone groups is 1. The fourth-order valence-corrected chi connectivity index (χ4v) is 2.48. The number of methoxy groups -OCH3 is 2. The topological polar surface area (TPSA) is 112 Å². The van der Waals surface area contributed by atoms with E-state index in [1.165, 1.54) is 20.4 Å². The molecule has 0 aliphatic rings. The van der Waals surface area contributed by atoms with Crippen LogP contribution in [0.5, 0.6) is 17.2 Å². The number of hydrogen-bond donors (Lipinski definition) is 2. The predicted molar refractivity (Wildman–Crippen MR) is 103 cm³/mol. The second kappa shape index (κ2) is 9.58. The molecule has 2 aromatic rings. The van der Waals surface area contributed by atoms with Gasteiger partial charge in [0, 0.05) is 4.47 Å². The van der Waals surface area contributed by atoms with E-state index < -0.39 is 11.8 Å². The zero-order valence-electron chi connectivity index (χ0n) is 14.7. The molecule has 0 spiro atoms. The van der Waals surface area contributed by atoms with E-state index in [4.69, 9.17) is 19.9 Å². The van der Waals surface area contributed by atoms with Crippen molar-refractivity contribution >= 4 is 34.0 Å². The minimum Gasteiger partial charge on any atom is -0.496 e. The first-order valence-corrected chi connectivity index (χ1v) is 8.50. The Balaban J connectivity index is 2.08. The number of nitrogens with one attached hydrogen (secondary N) is 1. The van der Waals surface area contributed by atoms with Gasteiger partial charge in [-0.05, 0) is 42.0 Å². The summed E-state index contributed by atoms with van der Waals surface area (Å²) in [4.78, 5) is 23.1. The van der Waals surface area contributed by atoms with Crippen molar-refractivity contribution in [2.24, 2.45) is 10.8 Å². The molecule has 0 bridgehead atoms. The van der Waals surface area contributed by atoms with Crippen LogP contribution < -0.4 is 25.4 Å². The number of rotatable bonds is 8. The van der Waals surface area contributed by atoms with Crippen molar-refractivity contribution in [1.29, 1.82) is 0 Å². The van der Waals surface area contributed by atoms with Crippen LogP contribution in [0.3, 0.4) is 0 Å². The molecule has 0 aromatic heterocycles. The first-order valence-electron chi connectivity index (χ1n) is 7.70. The summed E-state index contributed by atoms with van der Waals surface area (Å²) in [6, 6.07) is 10.0. The van der Waals surface area contributed by atoms with Gasteiger partial charge in [-0.25, -0.2) is 5.43 Å². The molecule has 0 aliphatic heterocycles. The number of carbonyl (C=O) groups is 2. The molecular formula is C18H18BrN3O5. The lowest BCUT2D eigenvalue weighted by molar-refractivity contribution is -0.119. The zero-order chi connectivity index (χ0) is 19.8. The fraction of sp³-hybridized carbons (Fsp3) is 0.167. The standard InChI is InChI=1S/C18H18BrN3O5/c1-25-14-6-4-12(19)8-13(14)18(24)22-21-9-11-3-5-15(16(7-11)26-2)27-10-17(20)23/h3-9H,10H2,1-2H3,(H2,20,23)(H,22,24)/b21-9-. The van der Waals surface area contributed by atoms with Crippen LogP contribution in [0.1, 0.15) is 15.9 Å². The van der Waals surface area contributed by atoms with Crippen molar-refractivity contribution < 1.29 is 23.8 Å². The van der Waals surface area contributed by atoms with Crippen molar-refractivity contribution in [1.82, 2.24) is 5.43 Å². The van der Waals surface area contributed by atoms with Crippen molar-refractivity contribution in [3.63, 3.8) is 0 Å². The van der Waals surface area contributed by atoms with Crippen LogP contribution in [-0.4, -0.2) is 38.9 Å². The summed E-state index contributed by atoms with van der Waals surface area (Å²) in [7, 11) is 2.95. The molecule has 2 rings (SSSR count). The Morgan fingerprint density at radius 3 is 2.48 bits per heavy atom. The molecule has 0 radical (unpaired) electrons. The van der Waals surface area contributed by atoms with Crippen molar-refractivity contribution in [2.75, 3.05) is 20.8 Å². The summed E-state index contributed by atoms with van der Waals surface area (Å²) in [6.07, 6.45) is 1.45. The summed E-state index contributed by atoms with van der Waals surface area (Å²) in [5, 5.41) is 3.94. The monoisotopic (exact) mass is 435 g/mol. The van der Waals surface area contributed by atoms with Gasteiger partial charge in [-0.15, -0.1) is 0 Å². The zero-order valence-corrected chi connectivity index (χ0v) is 16.3. The Bertz CT molecular complexity index is 870. The first kappa shape index (κ1) is 20.2. The Labute approximate surface area is 164 Å². The Kier molecular flexibility index (Phi) is 7.18. The van der Waals surface area contributed by atoms with Crippen LogP contribution in [0.2, 0.25) is 0 Å². The summed E-state index contributed by atoms with van der Waals surface area (Å²) >= 11 is 3.31. The third-order valence-corrected chi connectivity index (χ3v) is 3.84. The summed E-state index contributed by atoms with van der Waals surface area (Å²) in [5.74, 6) is 0.200. The molecule has 0 saturated carbocycles. The van der Waals surface area contributed by atoms with E-state index in [0.717, 1.165) is 4.47 Å². The average Bonchev–Trinajstić information content (AvgIpc) is 2.66. The van der Waals surface area contributed by atoms with Crippen LogP contribution in [0.15, 0.2) is 46.0 Å². The highest BCUT2D eigenvalue weighted by molar-refractivity contribution is 9.10. The highest BCUT2D eigenvalue weighted by atomic mass is 79.9. The molecule has 0 unspecified atom stereocenters. The molecule has 0 heterocycles. The Hall–Kier alpha value is -3.07. The summed E-state index contributed by atoms with van der Waals surface area (Å²) in [5.41, 5.74) is 8.49. The van der Waals surface area contributed by atoms with Gasteiger partial charge in [0.2, 0.25) is 0 Å². The largest absolute Gasteiger partial charge is 0.496 e. The summed E-state index contributed by atoms with van der Waals surface area (Å²) < 4.78 is 16.4. The van der Waals surface area contributed by atoms with Gasteiger partial charge in [0.1, 0.15) is 5.75 Å². The molecule has 0 fully saturated rings. The second-order valence-corrected chi connectivity index (χ2v) is 6.12. The minimum atomic E-state index is -0.589. The van der Waals surface area contributed by atoms with Gasteiger partial charge in [-0.1, -0.05) is 15.9 Å². The number of primary amides is 1. The maximum absolute atomic E-state index is 12.3. The molecule has 9 heteroatoms. The van der Waals surface area contributed by atoms with Crippen LogP contribution in [0.25, 0.3) is 0 Å². The lowest BCUT2D eigenvalue weighted by atomic mass is 10.2. The van der Waals surface area contributed by atoms with E-state index in [2.05, 4.69) is 26.5 Å². The molecule has 2 aromatic carbocycles. The quantitative estimate of drug-likeness (QED) is 0.486. The smallest absolute Gasteiger partial charge is 0.275 e. The normalized spacial score (nSPS) is 10.5. The molecule has 0 atom stereocenters. The lowest BCUT2D eigenvalue weighted by Gasteiger charge is -2.10. The van der Waals surface area contributed by atoms with Gasteiger partial charge in [0.05, 0.1) is 26.0 Å². The van der Waals surface area contributed by atoms with Gasteiger partial charge in [-0.2, -0.15) is 5.10 Å². The molecular weight excluding hydrogens is 418 g/mol. The van der Waals surface area contributed by atoms with Crippen LogP contribution in [0.4, 0.5) is 0 Å². The number of nitrogens with zero attached hydrogens (tertiary/aromatic N) is 1. The Morgan fingerprint density at radius 2 is 1.81 bits per heavy atom. The molecule has 27 heavy (non-hydrogen) atoms. The average molecular weight is 436 g/mol. The number of carbonyl (C=O) groups excluding carboxylic acids is 2. The predicted octanol–water partition coefficient (Wildman–Crippen LogP) is 2.09. The van der Waals surface area contributed by atoms with E-state index in [-0.39, 0.29) is 6.61 Å². The summed E-state index contributed by atoms with van der Waals surface area (Å²) in [6.45, 7) is -0.256. The highest BCUT2D eigenvalue weighted by Crippen LogP contribution is 2.27. The molecule has 3 N–H and O–H groups in total. The highest BCUT2D eigenvalue weighted by Gasteiger charge is 2.12. The van der Waals surface area contributed by atoms with Gasteiger partial charge in [-0.3, -0.25) is 9.59 Å². The number of nitrogens with two attached hydrogens (primary N) is 1. The Morgan fingerprint density at radius 1 is 1.11 bits per heavy atom. The van der Waals surface area contributed by atoms with E-state index in [1.807, 2.05) is 0 Å². The second-order valence-electron chi connectivity index (χ2n) is 5.21. The van der Waals surface area contributed by atoms with Gasteiger partial charge in [0.15, 0.2) is 18.1 Å². The lowest BCUT2D eigenvalue weighted by Crippen LogP contribution is -2.20. The number of benzene rings is 2. The third-order valence-electron chi connectivity index (χ3n) is 3.34. The first-order chi connectivity index (χ1) is 12.9. The van der Waals surface area contributed by atoms with Crippen molar-refractivity contribution in [3.05, 3.63) is 52.0 Å². The van der Waals surface area contributed by atoms with Gasteiger partial charge in [0.25, 0.3) is 11.8 Å². The van der Waals surface area contributed by atoms with Gasteiger partial charge >= 0.3 is 0 Å². The van der Waals surface area contributed by atoms with Gasteiger partial charge < -0.3 is 19.9 Å². The fourth-order valence-electron chi connectivity index (χ4n) is 2.12. The van der Waals surface area contributed by atoms with Crippen LogP contribution in [-0.2, 0) is 4.79 Å². The maximum Gasteiger partial charge on any atom is 0.275 e. The molecule has 142 valence electrons. The maximum atomic E-state index is 12.3. The molecule has 0 saturated heterocycles.